The van der Waals surface area contributed by atoms with Crippen LogP contribution in [-0.2, 0) is 11.3 Å². The summed E-state index contributed by atoms with van der Waals surface area (Å²) in [6.07, 6.45) is -1.79. The molecule has 0 unspecified atom stereocenters. The van der Waals surface area contributed by atoms with Crippen molar-refractivity contribution in [2.45, 2.75) is 32.2 Å². The zero-order chi connectivity index (χ0) is 19.8. The average Bonchev–Trinajstić information content (AvgIpc) is 2.98. The second-order valence-corrected chi connectivity index (χ2v) is 6.34. The van der Waals surface area contributed by atoms with Crippen molar-refractivity contribution in [2.75, 3.05) is 7.11 Å². The summed E-state index contributed by atoms with van der Waals surface area (Å²) in [6.45, 7) is 1.86. The topological polar surface area (TPSA) is 61.5 Å². The lowest BCUT2D eigenvalue weighted by Crippen LogP contribution is -2.45. The Morgan fingerprint density at radius 2 is 1.89 bits per heavy atom. The molecule has 0 N–H and O–H groups in total. The molecule has 3 aromatic heterocycles. The minimum atomic E-state index is -4.67. The maximum atomic E-state index is 14.3. The average molecular weight is 384 g/mol. The number of rotatable bonds is 5. The van der Waals surface area contributed by atoms with E-state index in [1.165, 1.54) is 17.8 Å². The third-order valence-electron chi connectivity index (χ3n) is 3.95. The maximum Gasteiger partial charge on any atom is 0.427 e. The van der Waals surface area contributed by atoms with Crippen LogP contribution in [0.5, 0.6) is 5.88 Å². The van der Waals surface area contributed by atoms with Crippen molar-refractivity contribution < 1.29 is 27.0 Å². The quantitative estimate of drug-likeness (QED) is 0.627. The summed E-state index contributed by atoms with van der Waals surface area (Å²) >= 11 is 0. The Bertz CT molecular complexity index is 969. The molecule has 0 aromatic carbocycles. The van der Waals surface area contributed by atoms with Gasteiger partial charge in [-0.25, -0.2) is 13.9 Å². The van der Waals surface area contributed by atoms with Crippen LogP contribution in [0.2, 0.25) is 0 Å². The van der Waals surface area contributed by atoms with Gasteiger partial charge in [0.25, 0.3) is 5.88 Å². The summed E-state index contributed by atoms with van der Waals surface area (Å²) in [5.41, 5.74) is -0.348. The molecule has 0 spiro atoms. The van der Waals surface area contributed by atoms with E-state index in [-0.39, 0.29) is 6.61 Å². The Morgan fingerprint density at radius 3 is 2.52 bits per heavy atom. The van der Waals surface area contributed by atoms with Gasteiger partial charge in [0.1, 0.15) is 5.69 Å². The van der Waals surface area contributed by atoms with Crippen LogP contribution in [0.1, 0.15) is 19.5 Å². The van der Waals surface area contributed by atoms with Crippen molar-refractivity contribution in [1.29, 1.82) is 0 Å². The lowest BCUT2D eigenvalue weighted by molar-refractivity contribution is -0.235. The van der Waals surface area contributed by atoms with Gasteiger partial charge in [0.05, 0.1) is 12.1 Å². The Labute approximate surface area is 151 Å². The van der Waals surface area contributed by atoms with E-state index >= 15 is 0 Å². The van der Waals surface area contributed by atoms with Gasteiger partial charge in [0.2, 0.25) is 0 Å². The molecule has 0 fully saturated rings. The fourth-order valence-corrected chi connectivity index (χ4v) is 2.32. The van der Waals surface area contributed by atoms with Gasteiger partial charge >= 0.3 is 6.18 Å². The molecule has 0 aliphatic carbocycles. The lowest BCUT2D eigenvalue weighted by Gasteiger charge is -2.28. The van der Waals surface area contributed by atoms with E-state index in [9.17, 15) is 17.6 Å². The molecule has 0 amide bonds. The molecule has 6 nitrogen and oxygen atoms in total. The van der Waals surface area contributed by atoms with Crippen LogP contribution in [0.4, 0.5) is 17.6 Å². The number of pyridine rings is 2. The highest BCUT2D eigenvalue weighted by molar-refractivity contribution is 5.69. The number of hydrogen-bond donors (Lipinski definition) is 0. The molecule has 0 saturated carbocycles. The highest BCUT2D eigenvalue weighted by atomic mass is 19.4. The van der Waals surface area contributed by atoms with Gasteiger partial charge in [0.15, 0.2) is 11.4 Å². The Balaban J connectivity index is 1.94. The molecule has 0 saturated heterocycles. The van der Waals surface area contributed by atoms with Crippen molar-refractivity contribution in [3.05, 3.63) is 42.1 Å². The van der Waals surface area contributed by atoms with E-state index < -0.39 is 23.5 Å². The molecule has 0 atom stereocenters. The molecule has 3 heterocycles. The third-order valence-corrected chi connectivity index (χ3v) is 3.95. The van der Waals surface area contributed by atoms with Gasteiger partial charge in [-0.3, -0.25) is 0 Å². The number of ether oxygens (including phenoxy) is 2. The number of aromatic nitrogens is 4. The fraction of sp³-hybridized carbons (Fsp3) is 0.353. The molecule has 0 aliphatic rings. The number of hydrogen-bond acceptors (Lipinski definition) is 5. The highest BCUT2D eigenvalue weighted by Gasteiger charge is 2.50. The predicted octanol–water partition coefficient (Wildman–Crippen LogP) is 3.80. The SMILES string of the molecule is COCc1nnn2ccc(-c3cnc(OC(C)(C)C(F)(F)F)c(F)c3)cc12. The van der Waals surface area contributed by atoms with Crippen molar-refractivity contribution in [3.8, 4) is 17.0 Å². The second-order valence-electron chi connectivity index (χ2n) is 6.34. The number of fused-ring (bicyclic) bond motifs is 1. The first-order chi connectivity index (χ1) is 12.6. The van der Waals surface area contributed by atoms with Gasteiger partial charge in [-0.1, -0.05) is 5.21 Å². The van der Waals surface area contributed by atoms with Crippen LogP contribution in [0.15, 0.2) is 30.6 Å². The van der Waals surface area contributed by atoms with Crippen molar-refractivity contribution in [3.63, 3.8) is 0 Å². The minimum absolute atomic E-state index is 0.249. The number of halogens is 4. The number of methoxy groups -OCH3 is 1. The van der Waals surface area contributed by atoms with Crippen molar-refractivity contribution >= 4 is 5.52 Å². The van der Waals surface area contributed by atoms with Gasteiger partial charge in [-0.2, -0.15) is 13.2 Å². The second kappa shape index (κ2) is 6.76. The van der Waals surface area contributed by atoms with E-state index in [1.807, 2.05) is 0 Å². The first-order valence-corrected chi connectivity index (χ1v) is 7.87. The summed E-state index contributed by atoms with van der Waals surface area (Å²) in [7, 11) is 1.52. The molecular weight excluding hydrogens is 368 g/mol. The molecule has 27 heavy (non-hydrogen) atoms. The smallest absolute Gasteiger partial charge is 0.427 e. The molecule has 3 aromatic rings. The minimum Gasteiger partial charge on any atom is -0.460 e. The summed E-state index contributed by atoms with van der Waals surface area (Å²) in [6, 6.07) is 4.44. The Kier molecular flexibility index (Phi) is 4.77. The first-order valence-electron chi connectivity index (χ1n) is 7.87. The van der Waals surface area contributed by atoms with Gasteiger partial charge in [0, 0.05) is 25.1 Å². The van der Waals surface area contributed by atoms with E-state index in [2.05, 4.69) is 15.3 Å². The molecule has 3 rings (SSSR count). The van der Waals surface area contributed by atoms with Gasteiger partial charge in [-0.15, -0.1) is 5.10 Å². The Morgan fingerprint density at radius 1 is 1.15 bits per heavy atom. The van der Waals surface area contributed by atoms with Crippen molar-refractivity contribution in [2.24, 2.45) is 0 Å². The molecule has 144 valence electrons. The van der Waals surface area contributed by atoms with E-state index in [0.717, 1.165) is 19.9 Å². The summed E-state index contributed by atoms with van der Waals surface area (Å²) in [4.78, 5) is 3.72. The summed E-state index contributed by atoms with van der Waals surface area (Å²) in [5.74, 6) is -1.71. The zero-order valence-corrected chi connectivity index (χ0v) is 14.7. The molecule has 0 radical (unpaired) electrons. The maximum absolute atomic E-state index is 14.3. The third kappa shape index (κ3) is 3.70. The van der Waals surface area contributed by atoms with Crippen molar-refractivity contribution in [1.82, 2.24) is 19.8 Å². The molecule has 0 bridgehead atoms. The normalized spacial score (nSPS) is 12.6. The number of alkyl halides is 3. The molecule has 0 aliphatic heterocycles. The van der Waals surface area contributed by atoms with E-state index in [0.29, 0.717) is 22.3 Å². The summed E-state index contributed by atoms with van der Waals surface area (Å²) in [5, 5.41) is 7.92. The van der Waals surface area contributed by atoms with Crippen LogP contribution >= 0.6 is 0 Å². The molecular formula is C17H16F4N4O2. The first kappa shape index (κ1) is 19.0. The lowest BCUT2D eigenvalue weighted by atomic mass is 10.1. The van der Waals surface area contributed by atoms with Crippen LogP contribution in [0.25, 0.3) is 16.6 Å². The fourth-order valence-electron chi connectivity index (χ4n) is 2.32. The van der Waals surface area contributed by atoms with Crippen LogP contribution in [-0.4, -0.2) is 38.7 Å². The number of nitrogens with zero attached hydrogens (tertiary/aromatic N) is 4. The van der Waals surface area contributed by atoms with Crippen LogP contribution in [0.3, 0.4) is 0 Å². The van der Waals surface area contributed by atoms with Crippen LogP contribution in [0, 0.1) is 5.82 Å². The monoisotopic (exact) mass is 384 g/mol. The van der Waals surface area contributed by atoms with E-state index in [1.54, 1.807) is 18.3 Å². The summed E-state index contributed by atoms with van der Waals surface area (Å²) < 4.78 is 64.4. The zero-order valence-electron chi connectivity index (χ0n) is 14.7. The molecule has 10 heteroatoms. The van der Waals surface area contributed by atoms with Gasteiger partial charge < -0.3 is 9.47 Å². The Hall–Kier alpha value is -2.75. The van der Waals surface area contributed by atoms with Gasteiger partial charge in [-0.05, 0) is 37.6 Å². The van der Waals surface area contributed by atoms with Crippen LogP contribution < -0.4 is 4.74 Å². The standard InChI is InChI=1S/C17H16F4N4O2/c1-16(2,17(19,20)21)27-15-12(18)6-11(8-22-15)10-4-5-25-14(7-10)13(9-26-3)23-24-25/h4-8H,9H2,1-3H3. The van der Waals surface area contributed by atoms with E-state index in [4.69, 9.17) is 9.47 Å². The predicted molar refractivity (Wildman–Crippen MR) is 87.7 cm³/mol. The highest BCUT2D eigenvalue weighted by Crippen LogP contribution is 2.35. The largest absolute Gasteiger partial charge is 0.460 e.